The second-order valence-corrected chi connectivity index (χ2v) is 7.75. The third kappa shape index (κ3) is 3.95. The standard InChI is InChI=1S/C16H21N5O2S/c1-14-2-3-16(19-18-14)24(22,23)21-12-10-20(11-13-21)9-6-15-4-7-17-8-5-15/h2-5,7-8H,6,9-13H2,1H3. The molecular formula is C16H21N5O2S. The van der Waals surface area contributed by atoms with Crippen LogP contribution in [0.3, 0.4) is 0 Å². The Morgan fingerprint density at radius 1 is 1.00 bits per heavy atom. The van der Waals surface area contributed by atoms with E-state index >= 15 is 0 Å². The zero-order valence-electron chi connectivity index (χ0n) is 13.7. The maximum atomic E-state index is 12.6. The third-order valence-electron chi connectivity index (χ3n) is 4.17. The third-order valence-corrected chi connectivity index (χ3v) is 5.97. The normalized spacial score (nSPS) is 17.0. The first-order valence-electron chi connectivity index (χ1n) is 7.97. The number of nitrogens with zero attached hydrogens (tertiary/aromatic N) is 5. The van der Waals surface area contributed by atoms with Crippen molar-refractivity contribution in [3.8, 4) is 0 Å². The van der Waals surface area contributed by atoms with Crippen molar-refractivity contribution < 1.29 is 8.42 Å². The van der Waals surface area contributed by atoms with E-state index in [1.54, 1.807) is 25.4 Å². The maximum absolute atomic E-state index is 12.6. The monoisotopic (exact) mass is 347 g/mol. The zero-order valence-corrected chi connectivity index (χ0v) is 14.5. The summed E-state index contributed by atoms with van der Waals surface area (Å²) in [6.07, 6.45) is 4.53. The number of piperazine rings is 1. The molecule has 1 aliphatic heterocycles. The lowest BCUT2D eigenvalue weighted by atomic mass is 10.2. The molecule has 7 nitrogen and oxygen atoms in total. The number of sulfonamides is 1. The molecule has 0 aromatic carbocycles. The first-order chi connectivity index (χ1) is 11.6. The minimum absolute atomic E-state index is 0.0262. The molecular weight excluding hydrogens is 326 g/mol. The topological polar surface area (TPSA) is 79.3 Å². The minimum atomic E-state index is -3.54. The zero-order chi connectivity index (χ0) is 17.0. The van der Waals surface area contributed by atoms with Gasteiger partial charge < -0.3 is 4.90 Å². The molecule has 1 saturated heterocycles. The van der Waals surface area contributed by atoms with Crippen LogP contribution in [-0.4, -0.2) is 65.5 Å². The molecule has 3 rings (SSSR count). The van der Waals surface area contributed by atoms with E-state index in [-0.39, 0.29) is 5.03 Å². The van der Waals surface area contributed by atoms with E-state index in [0.717, 1.165) is 26.1 Å². The fourth-order valence-electron chi connectivity index (χ4n) is 2.69. The van der Waals surface area contributed by atoms with Gasteiger partial charge in [0.2, 0.25) is 0 Å². The van der Waals surface area contributed by atoms with E-state index in [2.05, 4.69) is 20.1 Å². The summed E-state index contributed by atoms with van der Waals surface area (Å²) < 4.78 is 26.7. The van der Waals surface area contributed by atoms with Gasteiger partial charge in [0.1, 0.15) is 0 Å². The molecule has 0 atom stereocenters. The van der Waals surface area contributed by atoms with Gasteiger partial charge in [-0.2, -0.15) is 9.40 Å². The van der Waals surface area contributed by atoms with Crippen LogP contribution in [0, 0.1) is 6.92 Å². The highest BCUT2D eigenvalue weighted by atomic mass is 32.2. The first kappa shape index (κ1) is 16.9. The number of aromatic nitrogens is 3. The van der Waals surface area contributed by atoms with E-state index in [9.17, 15) is 8.42 Å². The van der Waals surface area contributed by atoms with Gasteiger partial charge >= 0.3 is 0 Å². The van der Waals surface area contributed by atoms with Crippen molar-refractivity contribution in [2.24, 2.45) is 0 Å². The largest absolute Gasteiger partial charge is 0.300 e. The summed E-state index contributed by atoms with van der Waals surface area (Å²) >= 11 is 0. The molecule has 0 radical (unpaired) electrons. The Kier molecular flexibility index (Phi) is 5.17. The Balaban J connectivity index is 1.55. The lowest BCUT2D eigenvalue weighted by Crippen LogP contribution is -2.49. The molecule has 2 aromatic heterocycles. The summed E-state index contributed by atoms with van der Waals surface area (Å²) in [5, 5.41) is 7.69. The van der Waals surface area contributed by atoms with Crippen molar-refractivity contribution in [2.45, 2.75) is 18.4 Å². The highest BCUT2D eigenvalue weighted by Gasteiger charge is 2.29. The SMILES string of the molecule is Cc1ccc(S(=O)(=O)N2CCN(CCc3ccncc3)CC2)nn1. The van der Waals surface area contributed by atoms with Gasteiger partial charge in [0.25, 0.3) is 10.0 Å². The Hall–Kier alpha value is -1.90. The maximum Gasteiger partial charge on any atom is 0.262 e. The molecule has 24 heavy (non-hydrogen) atoms. The highest BCUT2D eigenvalue weighted by molar-refractivity contribution is 7.89. The summed E-state index contributed by atoms with van der Waals surface area (Å²) in [7, 11) is -3.54. The van der Waals surface area contributed by atoms with Crippen LogP contribution in [0.1, 0.15) is 11.3 Å². The second-order valence-electron chi connectivity index (χ2n) is 5.86. The predicted molar refractivity (Wildman–Crippen MR) is 89.9 cm³/mol. The number of aryl methyl sites for hydroxylation is 1. The molecule has 0 aliphatic carbocycles. The van der Waals surface area contributed by atoms with Crippen LogP contribution < -0.4 is 0 Å². The van der Waals surface area contributed by atoms with Gasteiger partial charge in [0, 0.05) is 45.1 Å². The molecule has 1 fully saturated rings. The Morgan fingerprint density at radius 3 is 2.33 bits per heavy atom. The molecule has 0 bridgehead atoms. The fraction of sp³-hybridized carbons (Fsp3) is 0.438. The van der Waals surface area contributed by atoms with Gasteiger partial charge in [-0.25, -0.2) is 8.42 Å². The lowest BCUT2D eigenvalue weighted by molar-refractivity contribution is 0.190. The number of hydrogen-bond acceptors (Lipinski definition) is 6. The first-order valence-corrected chi connectivity index (χ1v) is 9.41. The number of hydrogen-bond donors (Lipinski definition) is 0. The smallest absolute Gasteiger partial charge is 0.262 e. The van der Waals surface area contributed by atoms with Gasteiger partial charge in [0.15, 0.2) is 5.03 Å². The Bertz CT molecular complexity index is 757. The summed E-state index contributed by atoms with van der Waals surface area (Å²) in [6.45, 7) is 5.11. The van der Waals surface area contributed by atoms with Gasteiger partial charge in [0.05, 0.1) is 5.69 Å². The van der Waals surface area contributed by atoms with Crippen LogP contribution in [0.5, 0.6) is 0 Å². The summed E-state index contributed by atoms with van der Waals surface area (Å²) in [5.41, 5.74) is 1.95. The van der Waals surface area contributed by atoms with E-state index in [0.29, 0.717) is 18.8 Å². The van der Waals surface area contributed by atoms with Crippen molar-refractivity contribution in [2.75, 3.05) is 32.7 Å². The van der Waals surface area contributed by atoms with Crippen molar-refractivity contribution in [1.29, 1.82) is 0 Å². The molecule has 0 N–H and O–H groups in total. The molecule has 0 amide bonds. The molecule has 2 aromatic rings. The summed E-state index contributed by atoms with van der Waals surface area (Å²) in [5.74, 6) is 0. The van der Waals surface area contributed by atoms with Crippen molar-refractivity contribution >= 4 is 10.0 Å². The van der Waals surface area contributed by atoms with Crippen molar-refractivity contribution in [3.05, 3.63) is 47.9 Å². The molecule has 128 valence electrons. The van der Waals surface area contributed by atoms with Crippen LogP contribution in [0.15, 0.2) is 41.7 Å². The lowest BCUT2D eigenvalue weighted by Gasteiger charge is -2.33. The fourth-order valence-corrected chi connectivity index (χ4v) is 3.98. The molecule has 0 unspecified atom stereocenters. The van der Waals surface area contributed by atoms with Crippen molar-refractivity contribution in [3.63, 3.8) is 0 Å². The highest BCUT2D eigenvalue weighted by Crippen LogP contribution is 2.15. The van der Waals surface area contributed by atoms with E-state index < -0.39 is 10.0 Å². The van der Waals surface area contributed by atoms with Crippen molar-refractivity contribution in [1.82, 2.24) is 24.4 Å². The van der Waals surface area contributed by atoms with E-state index in [1.807, 2.05) is 12.1 Å². The quantitative estimate of drug-likeness (QED) is 0.793. The van der Waals surface area contributed by atoms with Crippen LogP contribution >= 0.6 is 0 Å². The van der Waals surface area contributed by atoms with E-state index in [1.165, 1.54) is 15.9 Å². The molecule has 8 heteroatoms. The molecule has 3 heterocycles. The van der Waals surface area contributed by atoms with Crippen LogP contribution in [0.2, 0.25) is 0 Å². The Labute approximate surface area is 142 Å². The van der Waals surface area contributed by atoms with Gasteiger partial charge in [-0.15, -0.1) is 5.10 Å². The molecule has 1 aliphatic rings. The van der Waals surface area contributed by atoms with Crippen LogP contribution in [0.4, 0.5) is 0 Å². The van der Waals surface area contributed by atoms with E-state index in [4.69, 9.17) is 0 Å². The van der Waals surface area contributed by atoms with Crippen LogP contribution in [0.25, 0.3) is 0 Å². The average molecular weight is 347 g/mol. The van der Waals surface area contributed by atoms with Gasteiger partial charge in [-0.3, -0.25) is 4.98 Å². The summed E-state index contributed by atoms with van der Waals surface area (Å²) in [4.78, 5) is 6.30. The van der Waals surface area contributed by atoms with Crippen LogP contribution in [-0.2, 0) is 16.4 Å². The Morgan fingerprint density at radius 2 is 1.71 bits per heavy atom. The van der Waals surface area contributed by atoms with Gasteiger partial charge in [-0.05, 0) is 43.2 Å². The number of rotatable bonds is 5. The average Bonchev–Trinajstić information content (AvgIpc) is 2.61. The van der Waals surface area contributed by atoms with Gasteiger partial charge in [-0.1, -0.05) is 0 Å². The number of pyridine rings is 1. The minimum Gasteiger partial charge on any atom is -0.300 e. The second kappa shape index (κ2) is 7.33. The molecule has 0 saturated carbocycles. The summed E-state index contributed by atoms with van der Waals surface area (Å²) in [6, 6.07) is 7.21. The molecule has 0 spiro atoms. The predicted octanol–water partition coefficient (Wildman–Crippen LogP) is 0.729.